The zero-order valence-electron chi connectivity index (χ0n) is 16.1. The summed E-state index contributed by atoms with van der Waals surface area (Å²) in [5.74, 6) is 0.250. The topological polar surface area (TPSA) is 59.8 Å². The number of aromatic nitrogens is 3. The van der Waals surface area contributed by atoms with Crippen LogP contribution in [0, 0.1) is 12.7 Å². The molecule has 0 spiro atoms. The number of aryl methyl sites for hydroxylation is 1. The number of carbonyl (C=O) groups excluding carboxylic acids is 1. The number of fused-ring (bicyclic) bond motifs is 2. The van der Waals surface area contributed by atoms with Gasteiger partial charge in [-0.25, -0.2) is 14.4 Å². The van der Waals surface area contributed by atoms with E-state index in [1.165, 1.54) is 17.4 Å². The maximum absolute atomic E-state index is 14.1. The van der Waals surface area contributed by atoms with Crippen molar-refractivity contribution in [3.05, 3.63) is 88.9 Å². The normalized spacial score (nSPS) is 11.3. The fraction of sp³-hybridized carbons (Fsp3) is 0.0870. The van der Waals surface area contributed by atoms with Gasteiger partial charge >= 0.3 is 0 Å². The van der Waals surface area contributed by atoms with Gasteiger partial charge in [-0.15, -0.1) is 11.3 Å². The van der Waals surface area contributed by atoms with Gasteiger partial charge in [-0.2, -0.15) is 0 Å². The van der Waals surface area contributed by atoms with Gasteiger partial charge in [0.2, 0.25) is 0 Å². The standard InChI is InChI=1S/C23H17FN4OS/c1-14-21-16(24)5-4-8-19(21)30-22(14)23(29)26-12-15-9-10-20(25-11-15)28-13-27-17-6-2-3-7-18(17)28/h2-11,13H,12H2,1H3,(H,26,29). The smallest absolute Gasteiger partial charge is 0.261 e. The van der Waals surface area contributed by atoms with Crippen LogP contribution < -0.4 is 5.32 Å². The summed E-state index contributed by atoms with van der Waals surface area (Å²) in [4.78, 5) is 22.1. The summed E-state index contributed by atoms with van der Waals surface area (Å²) in [5, 5.41) is 3.43. The van der Waals surface area contributed by atoms with Crippen LogP contribution in [-0.4, -0.2) is 20.4 Å². The van der Waals surface area contributed by atoms with Gasteiger partial charge in [0.05, 0.1) is 15.9 Å². The lowest BCUT2D eigenvalue weighted by Crippen LogP contribution is -2.22. The summed E-state index contributed by atoms with van der Waals surface area (Å²) in [7, 11) is 0. The number of nitrogens with one attached hydrogen (secondary N) is 1. The third-order valence-electron chi connectivity index (χ3n) is 5.07. The number of halogens is 1. The Labute approximate surface area is 175 Å². The SMILES string of the molecule is Cc1c(C(=O)NCc2ccc(-n3cnc4ccccc43)nc2)sc2cccc(F)c12. The van der Waals surface area contributed by atoms with Crippen molar-refractivity contribution in [2.75, 3.05) is 0 Å². The highest BCUT2D eigenvalue weighted by atomic mass is 32.1. The van der Waals surface area contributed by atoms with E-state index in [4.69, 9.17) is 0 Å². The largest absolute Gasteiger partial charge is 0.347 e. The van der Waals surface area contributed by atoms with Crippen molar-refractivity contribution in [1.82, 2.24) is 19.9 Å². The number of hydrogen-bond donors (Lipinski definition) is 1. The lowest BCUT2D eigenvalue weighted by Gasteiger charge is -2.07. The van der Waals surface area contributed by atoms with Gasteiger partial charge in [-0.3, -0.25) is 9.36 Å². The number of rotatable bonds is 4. The van der Waals surface area contributed by atoms with Gasteiger partial charge in [0.25, 0.3) is 5.91 Å². The molecule has 0 atom stereocenters. The van der Waals surface area contributed by atoms with Crippen LogP contribution in [0.5, 0.6) is 0 Å². The number of nitrogens with zero attached hydrogens (tertiary/aromatic N) is 3. The van der Waals surface area contributed by atoms with Crippen molar-refractivity contribution in [2.45, 2.75) is 13.5 Å². The lowest BCUT2D eigenvalue weighted by molar-refractivity contribution is 0.0954. The first-order chi connectivity index (χ1) is 14.6. The minimum absolute atomic E-state index is 0.210. The molecule has 1 N–H and O–H groups in total. The van der Waals surface area contributed by atoms with Gasteiger partial charge in [0.1, 0.15) is 18.0 Å². The summed E-state index contributed by atoms with van der Waals surface area (Å²) < 4.78 is 16.8. The zero-order chi connectivity index (χ0) is 20.7. The van der Waals surface area contributed by atoms with Crippen molar-refractivity contribution in [2.24, 2.45) is 0 Å². The molecular weight excluding hydrogens is 399 g/mol. The Morgan fingerprint density at radius 2 is 1.97 bits per heavy atom. The lowest BCUT2D eigenvalue weighted by atomic mass is 10.1. The Kier molecular flexibility index (Phi) is 4.52. The van der Waals surface area contributed by atoms with E-state index in [1.54, 1.807) is 25.5 Å². The molecule has 5 aromatic rings. The number of imidazole rings is 1. The minimum Gasteiger partial charge on any atom is -0.347 e. The Balaban J connectivity index is 1.33. The monoisotopic (exact) mass is 416 g/mol. The second kappa shape index (κ2) is 7.35. The third kappa shape index (κ3) is 3.13. The Morgan fingerprint density at radius 1 is 1.10 bits per heavy atom. The first-order valence-electron chi connectivity index (χ1n) is 9.45. The molecule has 5 nitrogen and oxygen atoms in total. The van der Waals surface area contributed by atoms with E-state index in [2.05, 4.69) is 15.3 Å². The van der Waals surface area contributed by atoms with Crippen LogP contribution in [-0.2, 0) is 6.54 Å². The molecule has 0 unspecified atom stereocenters. The summed E-state index contributed by atoms with van der Waals surface area (Å²) in [5.41, 5.74) is 3.44. The zero-order valence-corrected chi connectivity index (χ0v) is 16.9. The highest BCUT2D eigenvalue weighted by Gasteiger charge is 2.17. The molecule has 0 fully saturated rings. The van der Waals surface area contributed by atoms with E-state index in [9.17, 15) is 9.18 Å². The molecule has 0 radical (unpaired) electrons. The molecule has 2 aromatic carbocycles. The van der Waals surface area contributed by atoms with Crippen LogP contribution in [0.1, 0.15) is 20.8 Å². The van der Waals surface area contributed by atoms with Crippen molar-refractivity contribution >= 4 is 38.4 Å². The molecule has 30 heavy (non-hydrogen) atoms. The summed E-state index contributed by atoms with van der Waals surface area (Å²) in [6, 6.07) is 16.6. The number of pyridine rings is 1. The van der Waals surface area contributed by atoms with Gasteiger partial charge < -0.3 is 5.32 Å². The summed E-state index contributed by atoms with van der Waals surface area (Å²) >= 11 is 1.31. The molecule has 0 aliphatic rings. The number of para-hydroxylation sites is 2. The maximum atomic E-state index is 14.1. The number of thiophene rings is 1. The second-order valence-corrected chi connectivity index (χ2v) is 8.03. The highest BCUT2D eigenvalue weighted by molar-refractivity contribution is 7.21. The van der Waals surface area contributed by atoms with Crippen LogP contribution in [0.4, 0.5) is 4.39 Å². The molecule has 0 aliphatic carbocycles. The highest BCUT2D eigenvalue weighted by Crippen LogP contribution is 2.32. The molecule has 0 bridgehead atoms. The predicted molar refractivity (Wildman–Crippen MR) is 117 cm³/mol. The molecule has 3 aromatic heterocycles. The third-order valence-corrected chi connectivity index (χ3v) is 6.33. The van der Waals surface area contributed by atoms with Gasteiger partial charge in [-0.1, -0.05) is 24.3 Å². The fourth-order valence-corrected chi connectivity index (χ4v) is 4.68. The molecule has 5 rings (SSSR count). The van der Waals surface area contributed by atoms with E-state index in [1.807, 2.05) is 47.0 Å². The Hall–Kier alpha value is -3.58. The number of hydrogen-bond acceptors (Lipinski definition) is 4. The van der Waals surface area contributed by atoms with Crippen molar-refractivity contribution in [1.29, 1.82) is 0 Å². The average Bonchev–Trinajstić information content (AvgIpc) is 3.35. The van der Waals surface area contributed by atoms with Crippen LogP contribution in [0.3, 0.4) is 0 Å². The number of benzene rings is 2. The van der Waals surface area contributed by atoms with Crippen molar-refractivity contribution in [3.63, 3.8) is 0 Å². The van der Waals surface area contributed by atoms with Crippen LogP contribution >= 0.6 is 11.3 Å². The van der Waals surface area contributed by atoms with E-state index in [0.717, 1.165) is 27.1 Å². The molecule has 0 aliphatic heterocycles. The first-order valence-corrected chi connectivity index (χ1v) is 10.3. The quantitative estimate of drug-likeness (QED) is 0.448. The minimum atomic E-state index is -0.299. The molecule has 1 amide bonds. The van der Waals surface area contributed by atoms with Gasteiger partial charge in [0, 0.05) is 22.8 Å². The molecular formula is C23H17FN4OS. The molecule has 0 saturated heterocycles. The van der Waals surface area contributed by atoms with E-state index >= 15 is 0 Å². The van der Waals surface area contributed by atoms with Crippen molar-refractivity contribution < 1.29 is 9.18 Å². The van der Waals surface area contributed by atoms with Crippen LogP contribution in [0.25, 0.3) is 26.9 Å². The second-order valence-electron chi connectivity index (χ2n) is 6.98. The molecule has 7 heteroatoms. The maximum Gasteiger partial charge on any atom is 0.261 e. The molecule has 3 heterocycles. The Morgan fingerprint density at radius 3 is 2.77 bits per heavy atom. The Bertz CT molecular complexity index is 1390. The van der Waals surface area contributed by atoms with E-state index in [-0.39, 0.29) is 11.7 Å². The molecule has 148 valence electrons. The van der Waals surface area contributed by atoms with Crippen LogP contribution in [0.15, 0.2) is 67.1 Å². The average molecular weight is 416 g/mol. The molecule has 0 saturated carbocycles. The first kappa shape index (κ1) is 18.4. The van der Waals surface area contributed by atoms with Crippen LogP contribution in [0.2, 0.25) is 0 Å². The number of carbonyl (C=O) groups is 1. The summed E-state index contributed by atoms with van der Waals surface area (Å²) in [6.45, 7) is 2.12. The fourth-order valence-electron chi connectivity index (χ4n) is 3.54. The van der Waals surface area contributed by atoms with E-state index < -0.39 is 0 Å². The van der Waals surface area contributed by atoms with Gasteiger partial charge in [-0.05, 0) is 48.4 Å². The van der Waals surface area contributed by atoms with Gasteiger partial charge in [0.15, 0.2) is 0 Å². The summed E-state index contributed by atoms with van der Waals surface area (Å²) in [6.07, 6.45) is 3.49. The predicted octanol–water partition coefficient (Wildman–Crippen LogP) is 5.01. The van der Waals surface area contributed by atoms with E-state index in [0.29, 0.717) is 22.4 Å². The van der Waals surface area contributed by atoms with Crippen molar-refractivity contribution in [3.8, 4) is 5.82 Å². The number of amides is 1.